The van der Waals surface area contributed by atoms with Crippen LogP contribution >= 0.6 is 0 Å². The Labute approximate surface area is 135 Å². The van der Waals surface area contributed by atoms with Gasteiger partial charge in [-0.15, -0.1) is 0 Å². The molecule has 1 heterocycles. The first-order valence-electron chi connectivity index (χ1n) is 7.91. The van der Waals surface area contributed by atoms with Crippen molar-refractivity contribution in [2.45, 2.75) is 37.8 Å². The van der Waals surface area contributed by atoms with E-state index in [1.54, 1.807) is 18.9 Å². The molecule has 1 aliphatic heterocycles. The minimum absolute atomic E-state index is 0.0454. The molecule has 6 nitrogen and oxygen atoms in total. The van der Waals surface area contributed by atoms with Crippen molar-refractivity contribution in [2.24, 2.45) is 5.73 Å². The minimum atomic E-state index is -0.703. The van der Waals surface area contributed by atoms with Crippen molar-refractivity contribution < 1.29 is 19.1 Å². The Morgan fingerprint density at radius 2 is 2.17 bits per heavy atom. The molecule has 0 aromatic heterocycles. The maximum Gasteiger partial charge on any atom is 0.242 e. The zero-order valence-electron chi connectivity index (χ0n) is 13.5. The number of hydrogen-bond acceptors (Lipinski definition) is 4. The average Bonchev–Trinajstić information content (AvgIpc) is 2.96. The van der Waals surface area contributed by atoms with Crippen molar-refractivity contribution in [2.75, 3.05) is 20.3 Å². The van der Waals surface area contributed by atoms with Gasteiger partial charge in [0.05, 0.1) is 25.7 Å². The molecule has 2 N–H and O–H groups in total. The average molecular weight is 318 g/mol. The summed E-state index contributed by atoms with van der Waals surface area (Å²) in [5, 5.41) is 0. The molecule has 0 radical (unpaired) electrons. The Morgan fingerprint density at radius 3 is 2.87 bits per heavy atom. The van der Waals surface area contributed by atoms with Crippen molar-refractivity contribution >= 4 is 11.8 Å². The van der Waals surface area contributed by atoms with E-state index in [0.29, 0.717) is 13.2 Å². The van der Waals surface area contributed by atoms with E-state index < -0.39 is 11.9 Å². The monoisotopic (exact) mass is 318 g/mol. The smallest absolute Gasteiger partial charge is 0.242 e. The van der Waals surface area contributed by atoms with Gasteiger partial charge in [0.15, 0.2) is 0 Å². The van der Waals surface area contributed by atoms with Crippen LogP contribution in [0.4, 0.5) is 0 Å². The standard InChI is InChI=1S/C17H22N2O4/c1-10-15(16(18)20)19(7-8-23-10)17(21)13-6-4-11-3-5-12(22-2)9-14(11)13/h3,5,9-10,13,15H,4,6-8H2,1-2H3,(H2,18,20)/t10-,13?,15+/m1/s1. The molecule has 2 amide bonds. The van der Waals surface area contributed by atoms with E-state index in [1.165, 1.54) is 5.56 Å². The topological polar surface area (TPSA) is 81.9 Å². The van der Waals surface area contributed by atoms with Crippen LogP contribution in [0.3, 0.4) is 0 Å². The maximum absolute atomic E-state index is 13.0. The van der Waals surface area contributed by atoms with Crippen LogP contribution in [0.2, 0.25) is 0 Å². The Hall–Kier alpha value is -2.08. The lowest BCUT2D eigenvalue weighted by Gasteiger charge is -2.39. The number of hydrogen-bond donors (Lipinski definition) is 1. The molecule has 1 fully saturated rings. The van der Waals surface area contributed by atoms with Crippen molar-refractivity contribution in [3.8, 4) is 5.75 Å². The molecule has 1 saturated heterocycles. The van der Waals surface area contributed by atoms with Crippen LogP contribution in [0.1, 0.15) is 30.4 Å². The number of carbonyl (C=O) groups is 2. The molecule has 1 aromatic rings. The molecule has 1 unspecified atom stereocenters. The molecule has 124 valence electrons. The summed E-state index contributed by atoms with van der Waals surface area (Å²) in [4.78, 5) is 26.4. The third-order valence-electron chi connectivity index (χ3n) is 4.80. The second-order valence-corrected chi connectivity index (χ2v) is 6.11. The highest BCUT2D eigenvalue weighted by Gasteiger charge is 2.41. The fraction of sp³-hybridized carbons (Fsp3) is 0.529. The minimum Gasteiger partial charge on any atom is -0.497 e. The number of benzene rings is 1. The highest BCUT2D eigenvalue weighted by Crippen LogP contribution is 2.37. The summed E-state index contributed by atoms with van der Waals surface area (Å²) in [6.45, 7) is 2.60. The number of nitrogens with two attached hydrogens (primary N) is 1. The van der Waals surface area contributed by atoms with Gasteiger partial charge in [0, 0.05) is 6.54 Å². The third kappa shape index (κ3) is 2.79. The number of fused-ring (bicyclic) bond motifs is 1. The fourth-order valence-corrected chi connectivity index (χ4v) is 3.62. The zero-order valence-corrected chi connectivity index (χ0v) is 13.5. The first kappa shape index (κ1) is 15.8. The molecule has 2 aliphatic rings. The summed E-state index contributed by atoms with van der Waals surface area (Å²) in [5.74, 6) is -0.0668. The first-order chi connectivity index (χ1) is 11.0. The number of rotatable bonds is 3. The SMILES string of the molecule is COc1ccc2c(c1)C(C(=O)N1CCO[C@H](C)[C@H]1C(N)=O)CC2. The summed E-state index contributed by atoms with van der Waals surface area (Å²) in [6.07, 6.45) is 1.23. The van der Waals surface area contributed by atoms with E-state index in [9.17, 15) is 9.59 Å². The van der Waals surface area contributed by atoms with Gasteiger partial charge in [0.1, 0.15) is 11.8 Å². The Bertz CT molecular complexity index is 631. The van der Waals surface area contributed by atoms with Gasteiger partial charge in [-0.05, 0) is 43.0 Å². The van der Waals surface area contributed by atoms with Gasteiger partial charge in [0.25, 0.3) is 0 Å². The van der Waals surface area contributed by atoms with Crippen LogP contribution < -0.4 is 10.5 Å². The van der Waals surface area contributed by atoms with Gasteiger partial charge in [-0.25, -0.2) is 0 Å². The second kappa shape index (κ2) is 6.20. The molecule has 1 aromatic carbocycles. The van der Waals surface area contributed by atoms with Crippen LogP contribution in [0, 0.1) is 0 Å². The zero-order chi connectivity index (χ0) is 16.6. The second-order valence-electron chi connectivity index (χ2n) is 6.11. The van der Waals surface area contributed by atoms with E-state index in [0.717, 1.165) is 24.2 Å². The van der Waals surface area contributed by atoms with E-state index in [2.05, 4.69) is 0 Å². The number of morpholine rings is 1. The van der Waals surface area contributed by atoms with Crippen LogP contribution in [0.5, 0.6) is 5.75 Å². The lowest BCUT2D eigenvalue weighted by Crippen LogP contribution is -2.59. The van der Waals surface area contributed by atoms with Crippen molar-refractivity contribution in [1.82, 2.24) is 4.90 Å². The first-order valence-corrected chi connectivity index (χ1v) is 7.91. The molecule has 23 heavy (non-hydrogen) atoms. The van der Waals surface area contributed by atoms with Crippen molar-refractivity contribution in [3.63, 3.8) is 0 Å². The normalized spacial score (nSPS) is 26.7. The predicted molar refractivity (Wildman–Crippen MR) is 84.2 cm³/mol. The Morgan fingerprint density at radius 1 is 1.39 bits per heavy atom. The molecule has 0 spiro atoms. The number of ether oxygens (including phenoxy) is 2. The van der Waals surface area contributed by atoms with E-state index in [1.807, 2.05) is 18.2 Å². The van der Waals surface area contributed by atoms with Gasteiger partial charge in [-0.1, -0.05) is 6.07 Å². The van der Waals surface area contributed by atoms with Gasteiger partial charge >= 0.3 is 0 Å². The summed E-state index contributed by atoms with van der Waals surface area (Å²) >= 11 is 0. The number of primary amides is 1. The molecule has 0 saturated carbocycles. The number of methoxy groups -OCH3 is 1. The molecule has 0 bridgehead atoms. The summed E-state index contributed by atoms with van der Waals surface area (Å²) in [7, 11) is 1.61. The molecular weight excluding hydrogens is 296 g/mol. The summed E-state index contributed by atoms with van der Waals surface area (Å²) in [5.41, 5.74) is 7.66. The number of amides is 2. The van der Waals surface area contributed by atoms with Crippen molar-refractivity contribution in [3.05, 3.63) is 29.3 Å². The molecular formula is C17H22N2O4. The lowest BCUT2D eigenvalue weighted by molar-refractivity contribution is -0.154. The highest BCUT2D eigenvalue weighted by atomic mass is 16.5. The fourth-order valence-electron chi connectivity index (χ4n) is 3.62. The molecule has 1 aliphatic carbocycles. The van der Waals surface area contributed by atoms with Crippen molar-refractivity contribution in [1.29, 1.82) is 0 Å². The summed E-state index contributed by atoms with van der Waals surface area (Å²) < 4.78 is 10.8. The predicted octanol–water partition coefficient (Wildman–Crippen LogP) is 0.826. The van der Waals surface area contributed by atoms with Crippen LogP contribution in [0.25, 0.3) is 0 Å². The van der Waals surface area contributed by atoms with Crippen LogP contribution in [0.15, 0.2) is 18.2 Å². The van der Waals surface area contributed by atoms with E-state index >= 15 is 0 Å². The molecule has 3 rings (SSSR count). The summed E-state index contributed by atoms with van der Waals surface area (Å²) in [6, 6.07) is 5.14. The highest BCUT2D eigenvalue weighted by molar-refractivity contribution is 5.91. The largest absolute Gasteiger partial charge is 0.497 e. The Kier molecular flexibility index (Phi) is 4.26. The van der Waals surface area contributed by atoms with Gasteiger partial charge in [0.2, 0.25) is 11.8 Å². The quantitative estimate of drug-likeness (QED) is 0.895. The molecule has 3 atom stereocenters. The third-order valence-corrected chi connectivity index (χ3v) is 4.80. The van der Waals surface area contributed by atoms with Crippen LogP contribution in [-0.2, 0) is 20.7 Å². The molecule has 6 heteroatoms. The van der Waals surface area contributed by atoms with Crippen LogP contribution in [-0.4, -0.2) is 49.1 Å². The van der Waals surface area contributed by atoms with Gasteiger partial charge < -0.3 is 20.1 Å². The number of nitrogens with zero attached hydrogens (tertiary/aromatic N) is 1. The lowest BCUT2D eigenvalue weighted by atomic mass is 9.97. The maximum atomic E-state index is 13.0. The van der Waals surface area contributed by atoms with E-state index in [-0.39, 0.29) is 17.9 Å². The number of carbonyl (C=O) groups excluding carboxylic acids is 2. The van der Waals surface area contributed by atoms with E-state index in [4.69, 9.17) is 15.2 Å². The van der Waals surface area contributed by atoms with Gasteiger partial charge in [-0.3, -0.25) is 9.59 Å². The van der Waals surface area contributed by atoms with Gasteiger partial charge in [-0.2, -0.15) is 0 Å². The number of aryl methyl sites for hydroxylation is 1. The Balaban J connectivity index is 1.88.